The minimum absolute atomic E-state index is 0.0765. The van der Waals surface area contributed by atoms with Crippen molar-refractivity contribution in [2.24, 2.45) is 23.2 Å². The number of hydrogen-bond donors (Lipinski definition) is 1. The Hall–Kier alpha value is -1.27. The van der Waals surface area contributed by atoms with E-state index in [1.54, 1.807) is 0 Å². The SMILES string of the molecule is CC1(C)O[C@H](C#C[Si](C)(C)C)[C@](C)([C@H]2C(C#N)=C(O)CC3[C@@H]2C3(C)C)O1. The Labute approximate surface area is 158 Å². The molecule has 1 saturated heterocycles. The van der Waals surface area contributed by atoms with E-state index >= 15 is 0 Å². The second kappa shape index (κ2) is 5.61. The summed E-state index contributed by atoms with van der Waals surface area (Å²) >= 11 is 0. The standard InChI is InChI=1S/C21H31NO3Si/c1-19(2)14-11-15(23)13(12-22)17(18(14)19)21(5)16(9-10-26(6,7)8)24-20(3,4)25-21/h14,16-18,23H,11H2,1-8H3/t14?,16-,17+,18+,21-/m1/s1. The zero-order valence-electron chi connectivity index (χ0n) is 17.2. The lowest BCUT2D eigenvalue weighted by Crippen LogP contribution is -2.47. The van der Waals surface area contributed by atoms with Gasteiger partial charge < -0.3 is 14.6 Å². The van der Waals surface area contributed by atoms with Gasteiger partial charge in [-0.15, -0.1) is 5.54 Å². The predicted molar refractivity (Wildman–Crippen MR) is 104 cm³/mol. The lowest BCUT2D eigenvalue weighted by atomic mass is 9.72. The van der Waals surface area contributed by atoms with Crippen molar-refractivity contribution in [3.05, 3.63) is 11.3 Å². The fraction of sp³-hybridized carbons (Fsp3) is 0.762. The summed E-state index contributed by atoms with van der Waals surface area (Å²) in [5, 5.41) is 20.3. The summed E-state index contributed by atoms with van der Waals surface area (Å²) in [5.74, 6) is 3.26. The Morgan fingerprint density at radius 3 is 2.31 bits per heavy atom. The van der Waals surface area contributed by atoms with Crippen LogP contribution in [0, 0.1) is 46.0 Å². The molecule has 1 saturated carbocycles. The lowest BCUT2D eigenvalue weighted by molar-refractivity contribution is -0.168. The number of rotatable bonds is 1. The lowest BCUT2D eigenvalue weighted by Gasteiger charge is -2.38. The van der Waals surface area contributed by atoms with Crippen LogP contribution in [0.15, 0.2) is 11.3 Å². The highest BCUT2D eigenvalue weighted by Gasteiger charge is 2.70. The molecule has 1 unspecified atom stereocenters. The number of nitrogens with zero attached hydrogens (tertiary/aromatic N) is 1. The van der Waals surface area contributed by atoms with Crippen molar-refractivity contribution in [2.75, 3.05) is 0 Å². The number of aliphatic hydroxyl groups is 1. The van der Waals surface area contributed by atoms with Gasteiger partial charge in [0.15, 0.2) is 5.79 Å². The third-order valence-corrected chi connectivity index (χ3v) is 7.13. The second-order valence-electron chi connectivity index (χ2n) is 10.3. The third-order valence-electron chi connectivity index (χ3n) is 6.24. The van der Waals surface area contributed by atoms with Gasteiger partial charge >= 0.3 is 0 Å². The monoisotopic (exact) mass is 373 g/mol. The van der Waals surface area contributed by atoms with Crippen LogP contribution in [-0.4, -0.2) is 30.7 Å². The number of allylic oxidation sites excluding steroid dienone is 1. The van der Waals surface area contributed by atoms with Crippen LogP contribution in [-0.2, 0) is 9.47 Å². The van der Waals surface area contributed by atoms with Gasteiger partial charge in [-0.05, 0) is 38.0 Å². The van der Waals surface area contributed by atoms with Gasteiger partial charge in [-0.2, -0.15) is 5.26 Å². The van der Waals surface area contributed by atoms with E-state index in [0.717, 1.165) is 0 Å². The van der Waals surface area contributed by atoms with Crippen molar-refractivity contribution >= 4 is 8.07 Å². The van der Waals surface area contributed by atoms with Gasteiger partial charge in [-0.1, -0.05) is 39.4 Å². The number of hydrogen-bond acceptors (Lipinski definition) is 4. The van der Waals surface area contributed by atoms with E-state index in [2.05, 4.69) is 51.0 Å². The maximum Gasteiger partial charge on any atom is 0.165 e. The number of aliphatic hydroxyl groups excluding tert-OH is 1. The molecule has 0 spiro atoms. The van der Waals surface area contributed by atoms with Crippen LogP contribution in [0.4, 0.5) is 0 Å². The summed E-state index contributed by atoms with van der Waals surface area (Å²) in [6, 6.07) is 2.28. The van der Waals surface area contributed by atoms with Gasteiger partial charge in [0.1, 0.15) is 25.5 Å². The van der Waals surface area contributed by atoms with Crippen LogP contribution in [0.5, 0.6) is 0 Å². The first-order valence-corrected chi connectivity index (χ1v) is 13.0. The summed E-state index contributed by atoms with van der Waals surface area (Å²) in [7, 11) is -1.58. The molecule has 5 atom stereocenters. The highest BCUT2D eigenvalue weighted by atomic mass is 28.3. The minimum atomic E-state index is -1.58. The Morgan fingerprint density at radius 2 is 1.77 bits per heavy atom. The number of fused-ring (bicyclic) bond motifs is 1. The molecule has 26 heavy (non-hydrogen) atoms. The van der Waals surface area contributed by atoms with Gasteiger partial charge in [0.05, 0.1) is 11.6 Å². The molecule has 0 radical (unpaired) electrons. The molecule has 5 heteroatoms. The number of nitriles is 1. The van der Waals surface area contributed by atoms with Crippen molar-refractivity contribution in [1.29, 1.82) is 5.26 Å². The van der Waals surface area contributed by atoms with Gasteiger partial charge in [-0.3, -0.25) is 0 Å². The van der Waals surface area contributed by atoms with E-state index in [9.17, 15) is 10.4 Å². The van der Waals surface area contributed by atoms with E-state index in [-0.39, 0.29) is 17.1 Å². The molecule has 1 aliphatic heterocycles. The summed E-state index contributed by atoms with van der Waals surface area (Å²) in [6.07, 6.45) is 0.170. The third kappa shape index (κ3) is 3.01. The molecule has 0 bridgehead atoms. The topological polar surface area (TPSA) is 62.5 Å². The van der Waals surface area contributed by atoms with Crippen molar-refractivity contribution in [3.63, 3.8) is 0 Å². The van der Waals surface area contributed by atoms with E-state index < -0.39 is 25.6 Å². The maximum atomic E-state index is 10.6. The molecule has 3 rings (SSSR count). The normalized spacial score (nSPS) is 40.3. The maximum absolute atomic E-state index is 10.6. The number of ether oxygens (including phenoxy) is 2. The first kappa shape index (κ1) is 19.5. The molecular formula is C21H31NO3Si. The van der Waals surface area contributed by atoms with Crippen LogP contribution in [0.1, 0.15) is 41.0 Å². The quantitative estimate of drug-likeness (QED) is 0.546. The predicted octanol–water partition coefficient (Wildman–Crippen LogP) is 4.41. The smallest absolute Gasteiger partial charge is 0.165 e. The molecule has 0 aromatic carbocycles. The summed E-state index contributed by atoms with van der Waals surface area (Å²) in [6.45, 7) is 16.8. The van der Waals surface area contributed by atoms with E-state index in [4.69, 9.17) is 9.47 Å². The van der Waals surface area contributed by atoms with Gasteiger partial charge in [-0.25, -0.2) is 0 Å². The Kier molecular flexibility index (Phi) is 4.21. The molecule has 142 valence electrons. The zero-order valence-corrected chi connectivity index (χ0v) is 18.2. The van der Waals surface area contributed by atoms with Crippen LogP contribution < -0.4 is 0 Å². The fourth-order valence-corrected chi connectivity index (χ4v) is 5.55. The van der Waals surface area contributed by atoms with Crippen LogP contribution in [0.25, 0.3) is 0 Å². The largest absolute Gasteiger partial charge is 0.511 e. The van der Waals surface area contributed by atoms with E-state index in [0.29, 0.717) is 23.8 Å². The van der Waals surface area contributed by atoms with Crippen molar-refractivity contribution < 1.29 is 14.6 Å². The molecule has 1 heterocycles. The summed E-state index contributed by atoms with van der Waals surface area (Å²) in [5.41, 5.74) is 3.19. The molecule has 4 nitrogen and oxygen atoms in total. The highest BCUT2D eigenvalue weighted by Crippen LogP contribution is 2.70. The molecular weight excluding hydrogens is 342 g/mol. The molecule has 0 aromatic rings. The van der Waals surface area contributed by atoms with Crippen LogP contribution >= 0.6 is 0 Å². The minimum Gasteiger partial charge on any atom is -0.511 e. The van der Waals surface area contributed by atoms with Gasteiger partial charge in [0.25, 0.3) is 0 Å². The summed E-state index contributed by atoms with van der Waals surface area (Å²) < 4.78 is 12.6. The first-order valence-electron chi connectivity index (χ1n) is 9.46. The van der Waals surface area contributed by atoms with Crippen molar-refractivity contribution in [1.82, 2.24) is 0 Å². The van der Waals surface area contributed by atoms with E-state index in [1.165, 1.54) is 0 Å². The molecule has 2 fully saturated rings. The van der Waals surface area contributed by atoms with Crippen LogP contribution in [0.3, 0.4) is 0 Å². The molecule has 0 aromatic heterocycles. The van der Waals surface area contributed by atoms with Gasteiger partial charge in [0.2, 0.25) is 0 Å². The van der Waals surface area contributed by atoms with E-state index in [1.807, 2.05) is 20.8 Å². The average molecular weight is 374 g/mol. The fourth-order valence-electron chi connectivity index (χ4n) is 4.98. The van der Waals surface area contributed by atoms with Crippen molar-refractivity contribution in [3.8, 4) is 17.5 Å². The first-order chi connectivity index (χ1) is 11.7. The summed E-state index contributed by atoms with van der Waals surface area (Å²) in [4.78, 5) is 0. The zero-order chi connectivity index (χ0) is 19.7. The Morgan fingerprint density at radius 1 is 1.15 bits per heavy atom. The molecule has 3 aliphatic rings. The molecule has 0 amide bonds. The Balaban J connectivity index is 2.09. The average Bonchev–Trinajstić information content (AvgIpc) is 2.89. The molecule has 2 aliphatic carbocycles. The van der Waals surface area contributed by atoms with Crippen molar-refractivity contribution in [2.45, 2.75) is 78.2 Å². The van der Waals surface area contributed by atoms with Gasteiger partial charge in [0, 0.05) is 12.3 Å². The second-order valence-corrected chi connectivity index (χ2v) is 15.1. The highest BCUT2D eigenvalue weighted by molar-refractivity contribution is 6.83. The van der Waals surface area contributed by atoms with Crippen LogP contribution in [0.2, 0.25) is 19.6 Å². The molecule has 1 N–H and O–H groups in total. The Bertz CT molecular complexity index is 759.